The molecule has 3 nitrogen and oxygen atoms in total. The number of anilines is 1. The predicted molar refractivity (Wildman–Crippen MR) is 66.2 cm³/mol. The first-order valence-corrected chi connectivity index (χ1v) is 5.84. The van der Waals surface area contributed by atoms with E-state index in [1.807, 2.05) is 5.32 Å². The summed E-state index contributed by atoms with van der Waals surface area (Å²) >= 11 is 3.14. The molecular weight excluding hydrogens is 325 g/mol. The summed E-state index contributed by atoms with van der Waals surface area (Å²) < 4.78 is 40.0. The van der Waals surface area contributed by atoms with Crippen molar-refractivity contribution in [3.63, 3.8) is 0 Å². The van der Waals surface area contributed by atoms with E-state index in [0.29, 0.717) is 16.6 Å². The molecule has 19 heavy (non-hydrogen) atoms. The van der Waals surface area contributed by atoms with Gasteiger partial charge in [0.05, 0.1) is 0 Å². The predicted octanol–water partition coefficient (Wildman–Crippen LogP) is 3.51. The third-order valence-corrected chi connectivity index (χ3v) is 2.67. The quantitative estimate of drug-likeness (QED) is 0.915. The van der Waals surface area contributed by atoms with Crippen LogP contribution in [0.3, 0.4) is 0 Å². The summed E-state index contributed by atoms with van der Waals surface area (Å²) in [6, 6.07) is 3.89. The average molecular weight is 331 g/mol. The van der Waals surface area contributed by atoms with Crippen molar-refractivity contribution in [2.24, 2.45) is 0 Å². The Labute approximate surface area is 114 Å². The number of carbonyl (C=O) groups is 1. The summed E-state index contributed by atoms with van der Waals surface area (Å²) in [6.07, 6.45) is 1.37. The highest BCUT2D eigenvalue weighted by molar-refractivity contribution is 9.10. The summed E-state index contributed by atoms with van der Waals surface area (Å²) in [5.74, 6) is -4.24. The fourth-order valence-electron chi connectivity index (χ4n) is 1.35. The van der Waals surface area contributed by atoms with Gasteiger partial charge in [-0.1, -0.05) is 0 Å². The van der Waals surface area contributed by atoms with E-state index in [9.17, 15) is 18.0 Å². The lowest BCUT2D eigenvalue weighted by molar-refractivity contribution is 0.102. The van der Waals surface area contributed by atoms with E-state index in [2.05, 4.69) is 20.9 Å². The summed E-state index contributed by atoms with van der Waals surface area (Å²) in [4.78, 5) is 15.5. The molecule has 1 heterocycles. The van der Waals surface area contributed by atoms with E-state index in [0.717, 1.165) is 0 Å². The van der Waals surface area contributed by atoms with Crippen molar-refractivity contribution in [1.29, 1.82) is 0 Å². The van der Waals surface area contributed by atoms with Crippen molar-refractivity contribution in [2.75, 3.05) is 5.32 Å². The molecule has 98 valence electrons. The maximum atomic E-state index is 13.3. The molecule has 0 saturated heterocycles. The Hall–Kier alpha value is -1.89. The molecule has 0 bridgehead atoms. The Morgan fingerprint density at radius 3 is 2.32 bits per heavy atom. The Kier molecular flexibility index (Phi) is 3.84. The molecule has 1 aromatic heterocycles. The van der Waals surface area contributed by atoms with Gasteiger partial charge in [0.1, 0.15) is 17.2 Å². The Morgan fingerprint density at radius 2 is 1.79 bits per heavy atom. The van der Waals surface area contributed by atoms with Gasteiger partial charge in [0.2, 0.25) is 0 Å². The van der Waals surface area contributed by atoms with E-state index < -0.39 is 29.0 Å². The molecule has 2 rings (SSSR count). The zero-order valence-corrected chi connectivity index (χ0v) is 10.8. The van der Waals surface area contributed by atoms with Crippen LogP contribution in [0.5, 0.6) is 0 Å². The summed E-state index contributed by atoms with van der Waals surface area (Å²) in [7, 11) is 0. The van der Waals surface area contributed by atoms with Crippen LogP contribution in [-0.4, -0.2) is 10.9 Å². The number of nitrogens with zero attached hydrogens (tertiary/aromatic N) is 1. The van der Waals surface area contributed by atoms with Crippen molar-refractivity contribution in [3.05, 3.63) is 58.1 Å². The SMILES string of the molecule is O=C(Nc1c(F)cc(F)cc1F)c1ccc(Br)cn1. The van der Waals surface area contributed by atoms with Crippen LogP contribution in [0, 0.1) is 17.5 Å². The molecule has 0 atom stereocenters. The molecule has 0 aliphatic carbocycles. The van der Waals surface area contributed by atoms with Crippen LogP contribution in [-0.2, 0) is 0 Å². The number of pyridine rings is 1. The summed E-state index contributed by atoms with van der Waals surface area (Å²) in [6.45, 7) is 0. The van der Waals surface area contributed by atoms with Gasteiger partial charge >= 0.3 is 0 Å². The van der Waals surface area contributed by atoms with Gasteiger partial charge in [-0.2, -0.15) is 0 Å². The lowest BCUT2D eigenvalue weighted by Gasteiger charge is -2.07. The van der Waals surface area contributed by atoms with Crippen molar-refractivity contribution in [3.8, 4) is 0 Å². The molecule has 0 unspecified atom stereocenters. The Morgan fingerprint density at radius 1 is 1.16 bits per heavy atom. The second-order valence-electron chi connectivity index (χ2n) is 3.56. The topological polar surface area (TPSA) is 42.0 Å². The third-order valence-electron chi connectivity index (χ3n) is 2.21. The molecule has 1 aromatic carbocycles. The molecule has 0 aliphatic heterocycles. The van der Waals surface area contributed by atoms with E-state index in [1.54, 1.807) is 6.07 Å². The van der Waals surface area contributed by atoms with Gasteiger partial charge in [-0.15, -0.1) is 0 Å². The fraction of sp³-hybridized carbons (Fsp3) is 0. The van der Waals surface area contributed by atoms with Crippen LogP contribution >= 0.6 is 15.9 Å². The number of carbonyl (C=O) groups excluding carboxylic acids is 1. The molecule has 0 saturated carbocycles. The smallest absolute Gasteiger partial charge is 0.274 e. The average Bonchev–Trinajstić information content (AvgIpc) is 2.34. The second-order valence-corrected chi connectivity index (χ2v) is 4.48. The largest absolute Gasteiger partial charge is 0.316 e. The molecular formula is C12H6BrF3N2O. The zero-order chi connectivity index (χ0) is 14.0. The van der Waals surface area contributed by atoms with Gasteiger partial charge in [-0.3, -0.25) is 4.79 Å². The highest BCUT2D eigenvalue weighted by Gasteiger charge is 2.15. The number of hydrogen-bond donors (Lipinski definition) is 1. The van der Waals surface area contributed by atoms with E-state index in [-0.39, 0.29) is 5.69 Å². The normalized spacial score (nSPS) is 10.3. The van der Waals surface area contributed by atoms with Crippen molar-refractivity contribution < 1.29 is 18.0 Å². The Bertz CT molecular complexity index is 608. The minimum absolute atomic E-state index is 0.0219. The summed E-state index contributed by atoms with van der Waals surface area (Å²) in [5, 5.41) is 2.01. The molecule has 0 aliphatic rings. The number of rotatable bonds is 2. The fourth-order valence-corrected chi connectivity index (χ4v) is 1.58. The number of aromatic nitrogens is 1. The van der Waals surface area contributed by atoms with Gasteiger partial charge in [-0.25, -0.2) is 18.2 Å². The van der Waals surface area contributed by atoms with Gasteiger partial charge in [0.15, 0.2) is 11.6 Å². The number of nitrogens with one attached hydrogen (secondary N) is 1. The maximum absolute atomic E-state index is 13.3. The minimum atomic E-state index is -1.19. The standard InChI is InChI=1S/C12H6BrF3N2O/c13-6-1-2-10(17-5-6)12(19)18-11-8(15)3-7(14)4-9(11)16/h1-5H,(H,18,19). The minimum Gasteiger partial charge on any atom is -0.316 e. The first kappa shape index (κ1) is 13.5. The lowest BCUT2D eigenvalue weighted by atomic mass is 10.2. The molecule has 1 N–H and O–H groups in total. The van der Waals surface area contributed by atoms with E-state index in [4.69, 9.17) is 0 Å². The highest BCUT2D eigenvalue weighted by Crippen LogP contribution is 2.20. The van der Waals surface area contributed by atoms with Crippen molar-refractivity contribution >= 4 is 27.5 Å². The zero-order valence-electron chi connectivity index (χ0n) is 9.25. The molecule has 0 spiro atoms. The number of halogens is 4. The third kappa shape index (κ3) is 3.11. The van der Waals surface area contributed by atoms with Crippen LogP contribution in [0.1, 0.15) is 10.5 Å². The maximum Gasteiger partial charge on any atom is 0.274 e. The number of hydrogen-bond acceptors (Lipinski definition) is 2. The van der Waals surface area contributed by atoms with Crippen LogP contribution < -0.4 is 5.32 Å². The van der Waals surface area contributed by atoms with E-state index in [1.165, 1.54) is 12.3 Å². The summed E-state index contributed by atoms with van der Waals surface area (Å²) in [5.41, 5.74) is -0.734. The molecule has 0 radical (unpaired) electrons. The molecule has 2 aromatic rings. The molecule has 7 heteroatoms. The second kappa shape index (κ2) is 5.40. The Balaban J connectivity index is 2.26. The number of amides is 1. The van der Waals surface area contributed by atoms with Crippen LogP contribution in [0.25, 0.3) is 0 Å². The van der Waals surface area contributed by atoms with Crippen LogP contribution in [0.15, 0.2) is 34.9 Å². The van der Waals surface area contributed by atoms with Crippen molar-refractivity contribution in [1.82, 2.24) is 4.98 Å². The van der Waals surface area contributed by atoms with Crippen molar-refractivity contribution in [2.45, 2.75) is 0 Å². The molecule has 0 fully saturated rings. The monoisotopic (exact) mass is 330 g/mol. The highest BCUT2D eigenvalue weighted by atomic mass is 79.9. The molecule has 1 amide bonds. The van der Waals surface area contributed by atoms with Gasteiger partial charge < -0.3 is 5.32 Å². The van der Waals surface area contributed by atoms with Crippen LogP contribution in [0.4, 0.5) is 18.9 Å². The van der Waals surface area contributed by atoms with Gasteiger partial charge in [-0.05, 0) is 28.1 Å². The first-order valence-electron chi connectivity index (χ1n) is 5.05. The van der Waals surface area contributed by atoms with E-state index >= 15 is 0 Å². The van der Waals surface area contributed by atoms with Gasteiger partial charge in [0, 0.05) is 22.8 Å². The van der Waals surface area contributed by atoms with Crippen LogP contribution in [0.2, 0.25) is 0 Å². The first-order chi connectivity index (χ1) is 8.97. The lowest BCUT2D eigenvalue weighted by Crippen LogP contribution is -2.15. The number of benzene rings is 1. The van der Waals surface area contributed by atoms with Gasteiger partial charge in [0.25, 0.3) is 5.91 Å².